The van der Waals surface area contributed by atoms with E-state index < -0.39 is 0 Å². The summed E-state index contributed by atoms with van der Waals surface area (Å²) in [7, 11) is 0. The number of hydrogen-bond acceptors (Lipinski definition) is 3. The van der Waals surface area contributed by atoms with Crippen molar-refractivity contribution in [2.24, 2.45) is 0 Å². The predicted octanol–water partition coefficient (Wildman–Crippen LogP) is 0.416. The van der Waals surface area contributed by atoms with Crippen LogP contribution in [0.15, 0.2) is 17.0 Å². The van der Waals surface area contributed by atoms with Gasteiger partial charge in [-0.25, -0.2) is 4.98 Å². The number of aromatic nitrogens is 1. The first-order valence-corrected chi connectivity index (χ1v) is 2.24. The molecule has 0 aromatic carbocycles. The van der Waals surface area contributed by atoms with Crippen LogP contribution in [0.3, 0.4) is 0 Å². The molecule has 0 atom stereocenters. The van der Waals surface area contributed by atoms with E-state index in [0.717, 1.165) is 6.29 Å². The minimum atomic E-state index is 0.319. The zero-order valence-electron chi connectivity index (χ0n) is 4.20. The lowest BCUT2D eigenvalue weighted by Gasteiger charge is -1.77. The molecule has 42 valence electrons. The summed E-state index contributed by atoms with van der Waals surface area (Å²) in [4.78, 5) is 13.4. The molecular formula is C5H5NO2. The van der Waals surface area contributed by atoms with E-state index in [2.05, 4.69) is 4.98 Å². The molecule has 8 heavy (non-hydrogen) atoms. The van der Waals surface area contributed by atoms with Crippen molar-refractivity contribution in [2.75, 3.05) is 0 Å². The molecule has 1 aromatic rings. The van der Waals surface area contributed by atoms with Crippen LogP contribution in [0, 0.1) is 0 Å². The van der Waals surface area contributed by atoms with Crippen LogP contribution >= 0.6 is 0 Å². The number of carbonyl (C=O) groups excluding carboxylic acids is 1. The van der Waals surface area contributed by atoms with E-state index in [1.165, 1.54) is 12.6 Å². The average molecular weight is 111 g/mol. The summed E-state index contributed by atoms with van der Waals surface area (Å²) in [6.07, 6.45) is 3.92. The molecule has 0 aliphatic carbocycles. The Morgan fingerprint density at radius 3 is 3.25 bits per heavy atom. The first-order valence-electron chi connectivity index (χ1n) is 2.24. The lowest BCUT2D eigenvalue weighted by molar-refractivity contribution is -0.107. The summed E-state index contributed by atoms with van der Waals surface area (Å²) in [6, 6.07) is 0. The van der Waals surface area contributed by atoms with Crippen molar-refractivity contribution >= 4 is 6.29 Å². The van der Waals surface area contributed by atoms with Crippen molar-refractivity contribution in [1.29, 1.82) is 0 Å². The molecule has 3 heteroatoms. The molecule has 0 spiro atoms. The van der Waals surface area contributed by atoms with Crippen LogP contribution in [-0.4, -0.2) is 11.3 Å². The largest absolute Gasteiger partial charge is 0.448 e. The fourth-order valence-electron chi connectivity index (χ4n) is 0.425. The molecule has 0 radical (unpaired) electrons. The lowest BCUT2D eigenvalue weighted by Crippen LogP contribution is -1.78. The summed E-state index contributed by atoms with van der Waals surface area (Å²) in [5.41, 5.74) is 0. The Morgan fingerprint density at radius 1 is 1.88 bits per heavy atom. The summed E-state index contributed by atoms with van der Waals surface area (Å²) >= 11 is 0. The first-order chi connectivity index (χ1) is 3.93. The Kier molecular flexibility index (Phi) is 1.42. The van der Waals surface area contributed by atoms with Gasteiger partial charge in [-0.1, -0.05) is 0 Å². The molecule has 1 aromatic heterocycles. The topological polar surface area (TPSA) is 43.1 Å². The number of carbonyl (C=O) groups is 1. The number of nitrogens with zero attached hydrogens (tertiary/aromatic N) is 1. The van der Waals surface area contributed by atoms with E-state index in [1.807, 2.05) is 0 Å². The average Bonchev–Trinajstić information content (AvgIpc) is 2.19. The third-order valence-corrected chi connectivity index (χ3v) is 0.768. The zero-order chi connectivity index (χ0) is 5.82. The molecule has 0 aliphatic heterocycles. The maximum atomic E-state index is 9.78. The van der Waals surface area contributed by atoms with Crippen LogP contribution in [0.25, 0.3) is 0 Å². The van der Waals surface area contributed by atoms with Crippen LogP contribution < -0.4 is 0 Å². The van der Waals surface area contributed by atoms with Gasteiger partial charge in [0.25, 0.3) is 0 Å². The van der Waals surface area contributed by atoms with E-state index in [-0.39, 0.29) is 0 Å². The number of rotatable bonds is 2. The van der Waals surface area contributed by atoms with Crippen molar-refractivity contribution in [3.05, 3.63) is 18.4 Å². The van der Waals surface area contributed by atoms with Gasteiger partial charge in [-0.3, -0.25) is 0 Å². The zero-order valence-corrected chi connectivity index (χ0v) is 4.20. The van der Waals surface area contributed by atoms with Gasteiger partial charge in [0.2, 0.25) is 0 Å². The van der Waals surface area contributed by atoms with Gasteiger partial charge in [-0.05, 0) is 0 Å². The molecule has 0 saturated carbocycles. The van der Waals surface area contributed by atoms with Gasteiger partial charge in [0.1, 0.15) is 12.0 Å². The molecule has 0 fully saturated rings. The van der Waals surface area contributed by atoms with Crippen LogP contribution in [0.4, 0.5) is 0 Å². The minimum Gasteiger partial charge on any atom is -0.448 e. The Hall–Kier alpha value is -1.12. The van der Waals surface area contributed by atoms with Crippen molar-refractivity contribution in [2.45, 2.75) is 6.42 Å². The maximum absolute atomic E-state index is 9.78. The highest BCUT2D eigenvalue weighted by Gasteiger charge is 1.90. The number of aldehydes is 1. The standard InChI is InChI=1S/C5H5NO2/c7-2-1-5-3-6-4-8-5/h2-4H,1H2. The third kappa shape index (κ3) is 0.932. The van der Waals surface area contributed by atoms with Crippen LogP contribution in [-0.2, 0) is 11.2 Å². The van der Waals surface area contributed by atoms with Gasteiger partial charge >= 0.3 is 0 Å². The molecule has 0 saturated heterocycles. The Morgan fingerprint density at radius 2 is 2.75 bits per heavy atom. The molecule has 0 N–H and O–H groups in total. The van der Waals surface area contributed by atoms with Gasteiger partial charge in [0.05, 0.1) is 12.6 Å². The monoisotopic (exact) mass is 111 g/mol. The van der Waals surface area contributed by atoms with Crippen LogP contribution in [0.1, 0.15) is 5.76 Å². The van der Waals surface area contributed by atoms with Gasteiger partial charge in [-0.15, -0.1) is 0 Å². The fraction of sp³-hybridized carbons (Fsp3) is 0.200. The van der Waals surface area contributed by atoms with Gasteiger partial charge < -0.3 is 9.21 Å². The Balaban J connectivity index is 2.62. The van der Waals surface area contributed by atoms with Gasteiger partial charge in [0, 0.05) is 0 Å². The van der Waals surface area contributed by atoms with E-state index in [9.17, 15) is 4.79 Å². The van der Waals surface area contributed by atoms with Crippen molar-refractivity contribution in [3.63, 3.8) is 0 Å². The number of hydrogen-bond donors (Lipinski definition) is 0. The molecule has 0 unspecified atom stereocenters. The molecule has 1 heterocycles. The summed E-state index contributed by atoms with van der Waals surface area (Å²) in [5.74, 6) is 0.611. The third-order valence-electron chi connectivity index (χ3n) is 0.768. The van der Waals surface area contributed by atoms with Crippen molar-refractivity contribution in [1.82, 2.24) is 4.98 Å². The quantitative estimate of drug-likeness (QED) is 0.519. The molecule has 3 nitrogen and oxygen atoms in total. The van der Waals surface area contributed by atoms with Crippen LogP contribution in [0.2, 0.25) is 0 Å². The summed E-state index contributed by atoms with van der Waals surface area (Å²) in [5, 5.41) is 0. The Bertz CT molecular complexity index is 157. The summed E-state index contributed by atoms with van der Waals surface area (Å²) < 4.78 is 4.73. The van der Waals surface area contributed by atoms with Crippen LogP contribution in [0.5, 0.6) is 0 Å². The second-order valence-corrected chi connectivity index (χ2v) is 1.34. The first kappa shape index (κ1) is 5.03. The van der Waals surface area contributed by atoms with E-state index in [1.54, 1.807) is 0 Å². The van der Waals surface area contributed by atoms with Crippen molar-refractivity contribution < 1.29 is 9.21 Å². The van der Waals surface area contributed by atoms with E-state index >= 15 is 0 Å². The van der Waals surface area contributed by atoms with E-state index in [0.29, 0.717) is 12.2 Å². The highest BCUT2D eigenvalue weighted by Crippen LogP contribution is 1.93. The molecule has 1 rings (SSSR count). The SMILES string of the molecule is O=CCc1cnco1. The summed E-state index contributed by atoms with van der Waals surface area (Å²) in [6.45, 7) is 0. The second-order valence-electron chi connectivity index (χ2n) is 1.34. The maximum Gasteiger partial charge on any atom is 0.180 e. The second kappa shape index (κ2) is 2.26. The van der Waals surface area contributed by atoms with Gasteiger partial charge in [-0.2, -0.15) is 0 Å². The molecule has 0 aliphatic rings. The van der Waals surface area contributed by atoms with E-state index in [4.69, 9.17) is 4.42 Å². The predicted molar refractivity (Wildman–Crippen MR) is 26.3 cm³/mol. The lowest BCUT2D eigenvalue weighted by atomic mass is 10.4. The fourth-order valence-corrected chi connectivity index (χ4v) is 0.425. The normalized spacial score (nSPS) is 9.00. The molecule has 0 amide bonds. The smallest absolute Gasteiger partial charge is 0.180 e. The highest BCUT2D eigenvalue weighted by atomic mass is 16.3. The molecular weight excluding hydrogens is 106 g/mol. The minimum absolute atomic E-state index is 0.319. The highest BCUT2D eigenvalue weighted by molar-refractivity contribution is 5.52. The Labute approximate surface area is 46.3 Å². The van der Waals surface area contributed by atoms with Gasteiger partial charge in [0.15, 0.2) is 6.39 Å². The molecule has 0 bridgehead atoms. The number of oxazole rings is 1. The van der Waals surface area contributed by atoms with Crippen molar-refractivity contribution in [3.8, 4) is 0 Å².